The molecular formula is C24H24BrFN8O2S. The van der Waals surface area contributed by atoms with Crippen molar-refractivity contribution in [2.75, 3.05) is 41.8 Å². The molecule has 0 aliphatic carbocycles. The fourth-order valence-electron chi connectivity index (χ4n) is 4.19. The number of likely N-dealkylation sites (N-methyl/N-ethyl adjacent to an activating group) is 1. The van der Waals surface area contributed by atoms with Crippen LogP contribution < -0.4 is 14.9 Å². The number of hydrogen-bond acceptors (Lipinski definition) is 9. The first kappa shape index (κ1) is 25.2. The standard InChI is InChI=1S/C24H24BrFN8O2S/c1-33-9-6-14-10-17(26)20(11-15(14)13-33)31-24-29-12-16(25)23(32-24)30-19-5-4-18-21(28-8-7-27-18)22(19)34(2)37(3,35)36/h4-5,7-8,10-12H,6,9,13H2,1-3H3,(H2,29,30,31,32). The van der Waals surface area contributed by atoms with Crippen molar-refractivity contribution in [1.82, 2.24) is 24.8 Å². The van der Waals surface area contributed by atoms with Gasteiger partial charge in [-0.25, -0.2) is 17.8 Å². The van der Waals surface area contributed by atoms with Crippen LogP contribution in [0.2, 0.25) is 0 Å². The Labute approximate surface area is 222 Å². The molecule has 2 aromatic heterocycles. The van der Waals surface area contributed by atoms with Crippen molar-refractivity contribution < 1.29 is 12.8 Å². The first-order valence-electron chi connectivity index (χ1n) is 11.3. The second-order valence-corrected chi connectivity index (χ2v) is 11.7. The number of benzene rings is 2. The lowest BCUT2D eigenvalue weighted by molar-refractivity contribution is 0.312. The molecule has 4 aromatic rings. The molecule has 0 saturated carbocycles. The first-order chi connectivity index (χ1) is 17.6. The van der Waals surface area contributed by atoms with Gasteiger partial charge in [0.15, 0.2) is 0 Å². The quantitative estimate of drug-likeness (QED) is 0.343. The number of nitrogens with zero attached hydrogens (tertiary/aromatic N) is 6. The Morgan fingerprint density at radius 2 is 1.86 bits per heavy atom. The number of hydrogen-bond donors (Lipinski definition) is 2. The van der Waals surface area contributed by atoms with E-state index in [1.807, 2.05) is 7.05 Å². The minimum atomic E-state index is -3.61. The number of fused-ring (bicyclic) bond motifs is 2. The molecule has 0 radical (unpaired) electrons. The van der Waals surface area contributed by atoms with Gasteiger partial charge in [0.1, 0.15) is 22.8 Å². The van der Waals surface area contributed by atoms with Gasteiger partial charge in [0.05, 0.1) is 27.6 Å². The van der Waals surface area contributed by atoms with Crippen molar-refractivity contribution in [3.8, 4) is 0 Å². The van der Waals surface area contributed by atoms with Crippen molar-refractivity contribution in [2.24, 2.45) is 0 Å². The average Bonchev–Trinajstić information content (AvgIpc) is 2.85. The molecule has 0 amide bonds. The monoisotopic (exact) mass is 586 g/mol. The van der Waals surface area contributed by atoms with E-state index in [0.29, 0.717) is 32.7 Å². The van der Waals surface area contributed by atoms with Crippen LogP contribution in [0.5, 0.6) is 0 Å². The third-order valence-corrected chi connectivity index (χ3v) is 7.92. The molecule has 5 rings (SSSR count). The zero-order valence-electron chi connectivity index (χ0n) is 20.3. The molecular weight excluding hydrogens is 563 g/mol. The predicted molar refractivity (Wildman–Crippen MR) is 146 cm³/mol. The van der Waals surface area contributed by atoms with Crippen LogP contribution in [-0.2, 0) is 23.0 Å². The molecule has 3 heterocycles. The Hall–Kier alpha value is -3.42. The average molecular weight is 587 g/mol. The molecule has 1 aliphatic heterocycles. The van der Waals surface area contributed by atoms with Gasteiger partial charge in [0, 0.05) is 38.7 Å². The summed E-state index contributed by atoms with van der Waals surface area (Å²) in [5, 5.41) is 6.15. The van der Waals surface area contributed by atoms with Crippen LogP contribution >= 0.6 is 15.9 Å². The second kappa shape index (κ2) is 9.80. The maximum atomic E-state index is 14.9. The number of rotatable bonds is 6. The predicted octanol–water partition coefficient (Wildman–Crippen LogP) is 4.19. The van der Waals surface area contributed by atoms with Crippen LogP contribution in [0.25, 0.3) is 11.0 Å². The highest BCUT2D eigenvalue weighted by atomic mass is 79.9. The third kappa shape index (κ3) is 5.20. The molecule has 0 atom stereocenters. The highest BCUT2D eigenvalue weighted by molar-refractivity contribution is 9.10. The van der Waals surface area contributed by atoms with Gasteiger partial charge in [0.25, 0.3) is 0 Å². The van der Waals surface area contributed by atoms with E-state index in [1.54, 1.807) is 24.3 Å². The molecule has 0 fully saturated rings. The number of nitrogens with one attached hydrogen (secondary N) is 2. The summed E-state index contributed by atoms with van der Waals surface area (Å²) in [6.45, 7) is 1.63. The maximum Gasteiger partial charge on any atom is 0.232 e. The lowest BCUT2D eigenvalue weighted by Crippen LogP contribution is -2.26. The molecule has 192 valence electrons. The summed E-state index contributed by atoms with van der Waals surface area (Å²) in [6.07, 6.45) is 6.48. The lowest BCUT2D eigenvalue weighted by Gasteiger charge is -2.25. The summed E-state index contributed by atoms with van der Waals surface area (Å²) in [5.74, 6) is 0.142. The topological polar surface area (TPSA) is 116 Å². The Morgan fingerprint density at radius 1 is 1.08 bits per heavy atom. The summed E-state index contributed by atoms with van der Waals surface area (Å²) in [4.78, 5) is 19.6. The number of anilines is 5. The molecule has 2 N–H and O–H groups in total. The van der Waals surface area contributed by atoms with Crippen LogP contribution in [0.3, 0.4) is 0 Å². The van der Waals surface area contributed by atoms with Crippen LogP contribution in [-0.4, -0.2) is 60.1 Å². The first-order valence-corrected chi connectivity index (χ1v) is 14.0. The fourth-order valence-corrected chi connectivity index (χ4v) is 4.99. The normalized spacial score (nSPS) is 13.9. The second-order valence-electron chi connectivity index (χ2n) is 8.84. The van der Waals surface area contributed by atoms with Gasteiger partial charge in [-0.2, -0.15) is 4.98 Å². The van der Waals surface area contributed by atoms with E-state index in [4.69, 9.17) is 0 Å². The molecule has 37 heavy (non-hydrogen) atoms. The third-order valence-electron chi connectivity index (χ3n) is 6.16. The van der Waals surface area contributed by atoms with E-state index in [0.717, 1.165) is 41.2 Å². The van der Waals surface area contributed by atoms with Crippen LogP contribution in [0.1, 0.15) is 11.1 Å². The van der Waals surface area contributed by atoms with Crippen molar-refractivity contribution in [1.29, 1.82) is 0 Å². The summed E-state index contributed by atoms with van der Waals surface area (Å²) < 4.78 is 41.4. The molecule has 10 nitrogen and oxygen atoms in total. The van der Waals surface area contributed by atoms with Crippen molar-refractivity contribution in [2.45, 2.75) is 13.0 Å². The van der Waals surface area contributed by atoms with E-state index in [-0.39, 0.29) is 17.5 Å². The Bertz CT molecular complexity index is 1620. The Morgan fingerprint density at radius 3 is 2.65 bits per heavy atom. The molecule has 13 heteroatoms. The van der Waals surface area contributed by atoms with Gasteiger partial charge in [0.2, 0.25) is 16.0 Å². The van der Waals surface area contributed by atoms with Crippen LogP contribution in [0, 0.1) is 5.82 Å². The van der Waals surface area contributed by atoms with Gasteiger partial charge in [-0.1, -0.05) is 0 Å². The Kier molecular flexibility index (Phi) is 6.68. The van der Waals surface area contributed by atoms with Crippen molar-refractivity contribution in [3.05, 3.63) is 64.3 Å². The van der Waals surface area contributed by atoms with Gasteiger partial charge < -0.3 is 15.5 Å². The molecule has 1 aliphatic rings. The zero-order chi connectivity index (χ0) is 26.3. The SMILES string of the molecule is CN1CCc2cc(F)c(Nc3ncc(Br)c(Nc4ccc5nccnc5c4N(C)S(C)(=O)=O)n3)cc2C1. The molecule has 0 spiro atoms. The van der Waals surface area contributed by atoms with Gasteiger partial charge in [-0.05, 0) is 64.8 Å². The van der Waals surface area contributed by atoms with E-state index < -0.39 is 10.0 Å². The molecule has 2 aromatic carbocycles. The summed E-state index contributed by atoms with van der Waals surface area (Å²) in [7, 11) is -0.136. The van der Waals surface area contributed by atoms with Crippen molar-refractivity contribution in [3.63, 3.8) is 0 Å². The summed E-state index contributed by atoms with van der Waals surface area (Å²) >= 11 is 3.44. The highest BCUT2D eigenvalue weighted by Gasteiger charge is 2.22. The number of aromatic nitrogens is 4. The van der Waals surface area contributed by atoms with E-state index in [2.05, 4.69) is 51.4 Å². The van der Waals surface area contributed by atoms with E-state index in [9.17, 15) is 12.8 Å². The largest absolute Gasteiger partial charge is 0.337 e. The molecule has 0 bridgehead atoms. The lowest BCUT2D eigenvalue weighted by atomic mass is 9.99. The molecule has 0 saturated heterocycles. The van der Waals surface area contributed by atoms with Crippen molar-refractivity contribution >= 4 is 65.8 Å². The van der Waals surface area contributed by atoms with Gasteiger partial charge in [-0.15, -0.1) is 0 Å². The smallest absolute Gasteiger partial charge is 0.232 e. The zero-order valence-corrected chi connectivity index (χ0v) is 22.7. The molecule has 0 unspecified atom stereocenters. The highest BCUT2D eigenvalue weighted by Crippen LogP contribution is 2.36. The maximum absolute atomic E-state index is 14.9. The van der Waals surface area contributed by atoms with E-state index >= 15 is 0 Å². The van der Waals surface area contributed by atoms with Crippen LogP contribution in [0.15, 0.2) is 47.3 Å². The Balaban J connectivity index is 1.51. The minimum absolute atomic E-state index is 0.173. The van der Waals surface area contributed by atoms with Gasteiger partial charge >= 0.3 is 0 Å². The summed E-state index contributed by atoms with van der Waals surface area (Å²) in [5.41, 5.74) is 4.04. The fraction of sp³-hybridized carbons (Fsp3) is 0.250. The van der Waals surface area contributed by atoms with Gasteiger partial charge in [-0.3, -0.25) is 14.3 Å². The number of halogens is 2. The van der Waals surface area contributed by atoms with E-state index in [1.165, 1.54) is 25.6 Å². The number of sulfonamides is 1. The summed E-state index contributed by atoms with van der Waals surface area (Å²) in [6, 6.07) is 6.79. The van der Waals surface area contributed by atoms with Crippen LogP contribution in [0.4, 0.5) is 33.2 Å². The minimum Gasteiger partial charge on any atom is -0.337 e.